The van der Waals surface area contributed by atoms with E-state index in [-0.39, 0.29) is 27.8 Å². The maximum Gasteiger partial charge on any atom is 0.290 e. The number of furan rings is 1. The molecule has 32 heavy (non-hydrogen) atoms. The van der Waals surface area contributed by atoms with Gasteiger partial charge in [-0.15, -0.1) is 0 Å². The van der Waals surface area contributed by atoms with Gasteiger partial charge in [-0.2, -0.15) is 0 Å². The lowest BCUT2D eigenvalue weighted by Crippen LogP contribution is -2.36. The number of sulfone groups is 1. The average Bonchev–Trinajstić information content (AvgIpc) is 3.47. The molecule has 3 aromatic rings. The fourth-order valence-corrected chi connectivity index (χ4v) is 4.93. The monoisotopic (exact) mass is 473 g/mol. The predicted molar refractivity (Wildman–Crippen MR) is 121 cm³/mol. The molecule has 2 heterocycles. The molecule has 1 saturated heterocycles. The van der Waals surface area contributed by atoms with E-state index in [2.05, 4.69) is 0 Å². The summed E-state index contributed by atoms with van der Waals surface area (Å²) in [7, 11) is -3.86. The summed E-state index contributed by atoms with van der Waals surface area (Å²) in [6.07, 6.45) is 1.76. The van der Waals surface area contributed by atoms with Gasteiger partial charge in [-0.3, -0.25) is 4.79 Å². The molecule has 0 spiro atoms. The van der Waals surface area contributed by atoms with Gasteiger partial charge in [0.15, 0.2) is 5.76 Å². The number of nitrogens with zero attached hydrogens (tertiary/aromatic N) is 1. The molecule has 1 aliphatic rings. The van der Waals surface area contributed by atoms with E-state index >= 15 is 0 Å². The first-order chi connectivity index (χ1) is 15.3. The largest absolute Gasteiger partial charge is 0.439 e. The summed E-state index contributed by atoms with van der Waals surface area (Å²) in [5, 5.41) is 0.357. The number of halogens is 1. The maximum atomic E-state index is 13.3. The Morgan fingerprint density at radius 3 is 2.44 bits per heavy atom. The fraction of sp³-hybridized carbons (Fsp3) is 0.292. The van der Waals surface area contributed by atoms with Crippen LogP contribution >= 0.6 is 11.6 Å². The van der Waals surface area contributed by atoms with E-state index in [1.807, 2.05) is 19.1 Å². The quantitative estimate of drug-likeness (QED) is 0.488. The smallest absolute Gasteiger partial charge is 0.290 e. The molecule has 0 bridgehead atoms. The minimum absolute atomic E-state index is 0.0253. The van der Waals surface area contributed by atoms with E-state index in [0.717, 1.165) is 24.0 Å². The summed E-state index contributed by atoms with van der Waals surface area (Å²) < 4.78 is 37.1. The summed E-state index contributed by atoms with van der Waals surface area (Å²) in [6, 6.07) is 16.5. The summed E-state index contributed by atoms with van der Waals surface area (Å²) in [6.45, 7) is 3.27. The van der Waals surface area contributed by atoms with Gasteiger partial charge in [0.05, 0.1) is 11.0 Å². The molecule has 4 rings (SSSR count). The molecule has 0 N–H and O–H groups in total. The van der Waals surface area contributed by atoms with Crippen molar-refractivity contribution in [1.82, 2.24) is 4.90 Å². The molecular weight excluding hydrogens is 450 g/mol. The first-order valence-corrected chi connectivity index (χ1v) is 12.3. The van der Waals surface area contributed by atoms with Gasteiger partial charge in [0, 0.05) is 24.7 Å². The van der Waals surface area contributed by atoms with Crippen molar-refractivity contribution < 1.29 is 22.4 Å². The first-order valence-electron chi connectivity index (χ1n) is 10.4. The second-order valence-corrected chi connectivity index (χ2v) is 10.2. The van der Waals surface area contributed by atoms with Crippen LogP contribution in [0.2, 0.25) is 5.02 Å². The Balaban J connectivity index is 1.58. The average molecular weight is 474 g/mol. The molecule has 1 fully saturated rings. The number of rotatable bonds is 7. The van der Waals surface area contributed by atoms with Crippen molar-refractivity contribution in [3.8, 4) is 0 Å². The van der Waals surface area contributed by atoms with Crippen LogP contribution in [0, 0.1) is 6.92 Å². The third kappa shape index (κ3) is 5.06. The van der Waals surface area contributed by atoms with E-state index in [0.29, 0.717) is 24.7 Å². The lowest BCUT2D eigenvalue weighted by molar-refractivity contribution is 0.0480. The minimum Gasteiger partial charge on any atom is -0.439 e. The highest BCUT2D eigenvalue weighted by atomic mass is 35.5. The zero-order chi connectivity index (χ0) is 22.7. The third-order valence-corrected chi connectivity index (χ3v) is 7.30. The van der Waals surface area contributed by atoms with Gasteiger partial charge >= 0.3 is 0 Å². The van der Waals surface area contributed by atoms with Crippen molar-refractivity contribution in [2.24, 2.45) is 0 Å². The molecule has 0 radical (unpaired) electrons. The molecule has 8 heteroatoms. The van der Waals surface area contributed by atoms with Gasteiger partial charge < -0.3 is 14.1 Å². The molecule has 2 aromatic carbocycles. The first kappa shape index (κ1) is 22.6. The molecule has 1 atom stereocenters. The Bertz CT molecular complexity index is 1180. The Morgan fingerprint density at radius 1 is 1.06 bits per heavy atom. The third-order valence-electron chi connectivity index (χ3n) is 5.41. The van der Waals surface area contributed by atoms with Crippen molar-refractivity contribution in [3.05, 3.63) is 82.6 Å². The fourth-order valence-electron chi connectivity index (χ4n) is 3.63. The van der Waals surface area contributed by atoms with Crippen LogP contribution in [0.5, 0.6) is 0 Å². The van der Waals surface area contributed by atoms with Gasteiger partial charge in [0.2, 0.25) is 14.9 Å². The van der Waals surface area contributed by atoms with Gasteiger partial charge in [-0.25, -0.2) is 8.42 Å². The molecule has 6 nitrogen and oxygen atoms in total. The molecule has 0 aliphatic carbocycles. The number of ether oxygens (including phenoxy) is 1. The van der Waals surface area contributed by atoms with Crippen LogP contribution in [0.25, 0.3) is 0 Å². The topological polar surface area (TPSA) is 76.8 Å². The highest BCUT2D eigenvalue weighted by Gasteiger charge is 2.28. The molecule has 1 aliphatic heterocycles. The summed E-state index contributed by atoms with van der Waals surface area (Å²) in [5.74, 6) is -0.413. The summed E-state index contributed by atoms with van der Waals surface area (Å²) in [5.41, 5.74) is 1.85. The molecule has 1 unspecified atom stereocenters. The van der Waals surface area contributed by atoms with Crippen LogP contribution in [0.4, 0.5) is 0 Å². The van der Waals surface area contributed by atoms with Crippen LogP contribution in [0.1, 0.15) is 34.5 Å². The summed E-state index contributed by atoms with van der Waals surface area (Å²) in [4.78, 5) is 15.0. The van der Waals surface area contributed by atoms with Crippen LogP contribution in [0.3, 0.4) is 0 Å². The molecule has 168 valence electrons. The number of hydrogen-bond donors (Lipinski definition) is 0. The van der Waals surface area contributed by atoms with Crippen molar-refractivity contribution >= 4 is 27.3 Å². The number of carbonyl (C=O) groups excluding carboxylic acids is 1. The van der Waals surface area contributed by atoms with E-state index in [9.17, 15) is 13.2 Å². The molecule has 1 aromatic heterocycles. The van der Waals surface area contributed by atoms with Crippen molar-refractivity contribution in [1.29, 1.82) is 0 Å². The Hall–Kier alpha value is -2.61. The Kier molecular flexibility index (Phi) is 6.69. The standard InChI is InChI=1S/C24H24ClNO5S/c1-17-4-10-21(11-5-17)32(28,29)23-13-12-22(31-23)24(27)26(16-20-3-2-14-30-20)15-18-6-8-19(25)9-7-18/h4-13,20H,2-3,14-16H2,1H3. The molecule has 0 saturated carbocycles. The maximum absolute atomic E-state index is 13.3. The predicted octanol–water partition coefficient (Wildman–Crippen LogP) is 4.90. The SMILES string of the molecule is Cc1ccc(S(=O)(=O)c2ccc(C(=O)N(Cc3ccc(Cl)cc3)CC3CCCO3)o2)cc1. The van der Waals surface area contributed by atoms with E-state index in [1.54, 1.807) is 29.2 Å². The zero-order valence-electron chi connectivity index (χ0n) is 17.7. The van der Waals surface area contributed by atoms with E-state index in [4.69, 9.17) is 20.8 Å². The number of aryl methyl sites for hydroxylation is 1. The van der Waals surface area contributed by atoms with E-state index < -0.39 is 9.84 Å². The van der Waals surface area contributed by atoms with Crippen molar-refractivity contribution in [2.45, 2.75) is 42.4 Å². The number of hydrogen-bond acceptors (Lipinski definition) is 5. The number of benzene rings is 2. The van der Waals surface area contributed by atoms with Crippen LogP contribution in [-0.4, -0.2) is 38.5 Å². The Labute approximate surface area is 192 Å². The minimum atomic E-state index is -3.86. The zero-order valence-corrected chi connectivity index (χ0v) is 19.2. The number of amides is 1. The highest BCUT2D eigenvalue weighted by molar-refractivity contribution is 7.91. The van der Waals surface area contributed by atoms with E-state index in [1.165, 1.54) is 24.3 Å². The lowest BCUT2D eigenvalue weighted by Gasteiger charge is -2.25. The van der Waals surface area contributed by atoms with Crippen molar-refractivity contribution in [2.75, 3.05) is 13.2 Å². The van der Waals surface area contributed by atoms with Gasteiger partial charge in [-0.05, 0) is 61.7 Å². The normalized spacial score (nSPS) is 16.2. The lowest BCUT2D eigenvalue weighted by atomic mass is 10.1. The highest BCUT2D eigenvalue weighted by Crippen LogP contribution is 2.25. The van der Waals surface area contributed by atoms with Crippen LogP contribution < -0.4 is 0 Å². The number of carbonyl (C=O) groups is 1. The molecular formula is C24H24ClNO5S. The second kappa shape index (κ2) is 9.48. The summed E-state index contributed by atoms with van der Waals surface area (Å²) >= 11 is 5.98. The van der Waals surface area contributed by atoms with Gasteiger partial charge in [0.25, 0.3) is 5.91 Å². The van der Waals surface area contributed by atoms with Gasteiger partial charge in [-0.1, -0.05) is 41.4 Å². The second-order valence-electron chi connectivity index (χ2n) is 7.88. The van der Waals surface area contributed by atoms with Crippen LogP contribution in [-0.2, 0) is 21.1 Å². The van der Waals surface area contributed by atoms with Gasteiger partial charge in [0.1, 0.15) is 0 Å². The Morgan fingerprint density at radius 2 is 1.78 bits per heavy atom. The van der Waals surface area contributed by atoms with Crippen molar-refractivity contribution in [3.63, 3.8) is 0 Å². The molecule has 1 amide bonds. The van der Waals surface area contributed by atoms with Crippen LogP contribution in [0.15, 0.2) is 75.1 Å².